The molecule has 1 saturated carbocycles. The van der Waals surface area contributed by atoms with Crippen LogP contribution in [0.1, 0.15) is 29.0 Å². The van der Waals surface area contributed by atoms with Crippen molar-refractivity contribution in [2.75, 3.05) is 13.1 Å². The molecule has 28 heavy (non-hydrogen) atoms. The van der Waals surface area contributed by atoms with Gasteiger partial charge in [-0.3, -0.25) is 9.48 Å². The van der Waals surface area contributed by atoms with Crippen LogP contribution in [0.25, 0.3) is 0 Å². The summed E-state index contributed by atoms with van der Waals surface area (Å²) in [4.78, 5) is 14.2. The third-order valence-corrected chi connectivity index (χ3v) is 5.39. The van der Waals surface area contributed by atoms with Crippen molar-refractivity contribution in [1.29, 1.82) is 0 Å². The minimum Gasteiger partial charge on any atom is -0.487 e. The summed E-state index contributed by atoms with van der Waals surface area (Å²) in [5.74, 6) is -2.23. The Morgan fingerprint density at radius 3 is 2.68 bits per heavy atom. The van der Waals surface area contributed by atoms with Crippen molar-refractivity contribution in [2.24, 2.45) is 11.8 Å². The van der Waals surface area contributed by atoms with E-state index in [-0.39, 0.29) is 25.5 Å². The number of aromatic nitrogens is 2. The van der Waals surface area contributed by atoms with Gasteiger partial charge in [0, 0.05) is 19.2 Å². The molecule has 2 aliphatic rings. The Morgan fingerprint density at radius 2 is 2.00 bits per heavy atom. The van der Waals surface area contributed by atoms with E-state index in [2.05, 4.69) is 5.10 Å². The SMILES string of the molecule is O=C1c2cc(COc3cccc(F)c3)nn2CCN1CC1CCC1C(F)(F)F. The highest BCUT2D eigenvalue weighted by atomic mass is 19.4. The Hall–Kier alpha value is -2.58. The van der Waals surface area contributed by atoms with E-state index in [0.29, 0.717) is 36.6 Å². The second-order valence-electron chi connectivity index (χ2n) is 7.23. The van der Waals surface area contributed by atoms with Crippen LogP contribution in [-0.2, 0) is 13.2 Å². The van der Waals surface area contributed by atoms with Crippen LogP contribution >= 0.6 is 0 Å². The molecule has 1 fully saturated rings. The van der Waals surface area contributed by atoms with E-state index in [0.717, 1.165) is 0 Å². The number of nitrogens with zero attached hydrogens (tertiary/aromatic N) is 3. The topological polar surface area (TPSA) is 47.4 Å². The minimum absolute atomic E-state index is 0.0650. The lowest BCUT2D eigenvalue weighted by Gasteiger charge is -2.41. The van der Waals surface area contributed by atoms with E-state index in [1.165, 1.54) is 23.1 Å². The van der Waals surface area contributed by atoms with Crippen LogP contribution < -0.4 is 4.74 Å². The fourth-order valence-corrected chi connectivity index (χ4v) is 3.75. The zero-order valence-electron chi connectivity index (χ0n) is 15.0. The monoisotopic (exact) mass is 397 g/mol. The fraction of sp³-hybridized carbons (Fsp3) is 0.474. The molecule has 4 rings (SSSR count). The molecule has 9 heteroatoms. The van der Waals surface area contributed by atoms with Gasteiger partial charge in [0.2, 0.25) is 0 Å². The molecule has 1 aliphatic carbocycles. The van der Waals surface area contributed by atoms with Crippen LogP contribution in [0, 0.1) is 17.7 Å². The number of hydrogen-bond acceptors (Lipinski definition) is 3. The first kappa shape index (κ1) is 18.8. The molecule has 2 aromatic rings. The third kappa shape index (κ3) is 3.70. The molecule has 2 heterocycles. The van der Waals surface area contributed by atoms with E-state index in [4.69, 9.17) is 4.74 Å². The summed E-state index contributed by atoms with van der Waals surface area (Å²) in [6.07, 6.45) is -3.58. The Balaban J connectivity index is 1.40. The zero-order chi connectivity index (χ0) is 19.9. The van der Waals surface area contributed by atoms with E-state index >= 15 is 0 Å². The van der Waals surface area contributed by atoms with Gasteiger partial charge in [-0.15, -0.1) is 0 Å². The molecule has 0 radical (unpaired) electrons. The number of carbonyl (C=O) groups excluding carboxylic acids is 1. The normalized spacial score (nSPS) is 22.0. The van der Waals surface area contributed by atoms with Gasteiger partial charge >= 0.3 is 6.18 Å². The molecule has 1 aliphatic heterocycles. The number of carbonyl (C=O) groups is 1. The first-order chi connectivity index (χ1) is 13.3. The molecule has 0 N–H and O–H groups in total. The number of ether oxygens (including phenoxy) is 1. The lowest BCUT2D eigenvalue weighted by atomic mass is 9.73. The van der Waals surface area contributed by atoms with Crippen molar-refractivity contribution in [2.45, 2.75) is 32.2 Å². The molecule has 1 amide bonds. The van der Waals surface area contributed by atoms with Crippen LogP contribution in [0.4, 0.5) is 17.6 Å². The van der Waals surface area contributed by atoms with Gasteiger partial charge in [0.1, 0.15) is 29.6 Å². The Morgan fingerprint density at radius 1 is 1.18 bits per heavy atom. The Labute approximate surface area is 158 Å². The highest BCUT2D eigenvalue weighted by Gasteiger charge is 2.50. The van der Waals surface area contributed by atoms with Crippen LogP contribution in [0.2, 0.25) is 0 Å². The number of alkyl halides is 3. The smallest absolute Gasteiger partial charge is 0.392 e. The minimum atomic E-state index is -4.20. The van der Waals surface area contributed by atoms with Crippen LogP contribution in [0.5, 0.6) is 5.75 Å². The Kier molecular flexibility index (Phi) is 4.76. The standard InChI is InChI=1S/C19H19F4N3O2/c20-13-2-1-3-15(8-13)28-11-14-9-17-18(27)25(6-7-26(17)24-14)10-12-4-5-16(12)19(21,22)23/h1-3,8-9,12,16H,4-7,10-11H2. The molecule has 1 aromatic carbocycles. The fourth-order valence-electron chi connectivity index (χ4n) is 3.75. The molecule has 5 nitrogen and oxygen atoms in total. The summed E-state index contributed by atoms with van der Waals surface area (Å²) in [7, 11) is 0. The highest BCUT2D eigenvalue weighted by Crippen LogP contribution is 2.46. The first-order valence-corrected chi connectivity index (χ1v) is 9.12. The average molecular weight is 397 g/mol. The number of halogens is 4. The summed E-state index contributed by atoms with van der Waals surface area (Å²) >= 11 is 0. The number of benzene rings is 1. The second-order valence-corrected chi connectivity index (χ2v) is 7.23. The number of amides is 1. The summed E-state index contributed by atoms with van der Waals surface area (Å²) in [6.45, 7) is 0.933. The van der Waals surface area contributed by atoms with Gasteiger partial charge in [0.25, 0.3) is 5.91 Å². The molecule has 1 aromatic heterocycles. The quantitative estimate of drug-likeness (QED) is 0.724. The van der Waals surface area contributed by atoms with E-state index in [1.807, 2.05) is 0 Å². The number of rotatable bonds is 5. The molecular formula is C19H19F4N3O2. The molecule has 0 bridgehead atoms. The third-order valence-electron chi connectivity index (χ3n) is 5.39. The van der Waals surface area contributed by atoms with Crippen LogP contribution in [0.3, 0.4) is 0 Å². The van der Waals surface area contributed by atoms with Crippen LogP contribution in [0.15, 0.2) is 30.3 Å². The summed E-state index contributed by atoms with van der Waals surface area (Å²) in [5.41, 5.74) is 0.846. The van der Waals surface area contributed by atoms with E-state index in [1.54, 1.807) is 16.8 Å². The maximum absolute atomic E-state index is 13.2. The van der Waals surface area contributed by atoms with Gasteiger partial charge in [0.15, 0.2) is 0 Å². The average Bonchev–Trinajstić information content (AvgIpc) is 3.01. The van der Waals surface area contributed by atoms with Gasteiger partial charge in [-0.25, -0.2) is 4.39 Å². The van der Waals surface area contributed by atoms with Crippen molar-refractivity contribution < 1.29 is 27.1 Å². The predicted octanol–water partition coefficient (Wildman–Crippen LogP) is 3.65. The molecular weight excluding hydrogens is 378 g/mol. The molecule has 0 saturated heterocycles. The number of hydrogen-bond donors (Lipinski definition) is 0. The largest absolute Gasteiger partial charge is 0.487 e. The Bertz CT molecular complexity index is 880. The summed E-state index contributed by atoms with van der Waals surface area (Å²) < 4.78 is 59.0. The highest BCUT2D eigenvalue weighted by molar-refractivity contribution is 5.93. The molecule has 2 unspecified atom stereocenters. The maximum Gasteiger partial charge on any atom is 0.392 e. The van der Waals surface area contributed by atoms with Crippen molar-refractivity contribution in [3.8, 4) is 5.75 Å². The zero-order valence-corrected chi connectivity index (χ0v) is 15.0. The molecule has 2 atom stereocenters. The van der Waals surface area contributed by atoms with Gasteiger partial charge in [0.05, 0.1) is 12.5 Å². The van der Waals surface area contributed by atoms with Crippen molar-refractivity contribution >= 4 is 5.91 Å². The second kappa shape index (κ2) is 7.10. The first-order valence-electron chi connectivity index (χ1n) is 9.12. The summed E-state index contributed by atoms with van der Waals surface area (Å²) in [6, 6.07) is 7.27. The van der Waals surface area contributed by atoms with Gasteiger partial charge < -0.3 is 9.64 Å². The van der Waals surface area contributed by atoms with E-state index in [9.17, 15) is 22.4 Å². The molecule has 0 spiro atoms. The maximum atomic E-state index is 13.2. The lowest BCUT2D eigenvalue weighted by molar-refractivity contribution is -0.214. The predicted molar refractivity (Wildman–Crippen MR) is 91.1 cm³/mol. The van der Waals surface area contributed by atoms with Gasteiger partial charge in [-0.05, 0) is 37.0 Å². The van der Waals surface area contributed by atoms with Gasteiger partial charge in [-0.1, -0.05) is 6.07 Å². The lowest BCUT2D eigenvalue weighted by Crippen LogP contribution is -2.49. The summed E-state index contributed by atoms with van der Waals surface area (Å²) in [5, 5.41) is 4.31. The number of fused-ring (bicyclic) bond motifs is 1. The van der Waals surface area contributed by atoms with Gasteiger partial charge in [-0.2, -0.15) is 18.3 Å². The van der Waals surface area contributed by atoms with Crippen LogP contribution in [-0.4, -0.2) is 39.9 Å². The van der Waals surface area contributed by atoms with Crippen molar-refractivity contribution in [1.82, 2.24) is 14.7 Å². The molecule has 150 valence electrons. The van der Waals surface area contributed by atoms with Crippen molar-refractivity contribution in [3.63, 3.8) is 0 Å². The van der Waals surface area contributed by atoms with E-state index < -0.39 is 23.8 Å². The van der Waals surface area contributed by atoms with Crippen molar-refractivity contribution in [3.05, 3.63) is 47.5 Å².